The molecule has 0 aliphatic heterocycles. The number of hydrogen-bond donors (Lipinski definition) is 0. The van der Waals surface area contributed by atoms with Gasteiger partial charge in [-0.3, -0.25) is 0 Å². The summed E-state index contributed by atoms with van der Waals surface area (Å²) in [6.45, 7) is 2.46. The summed E-state index contributed by atoms with van der Waals surface area (Å²) in [5, 5.41) is 1.47. The number of benzene rings is 1. The maximum absolute atomic E-state index is 5.59. The van der Waals surface area contributed by atoms with Gasteiger partial charge in [0.25, 0.3) is 0 Å². The van der Waals surface area contributed by atoms with Crippen LogP contribution in [0.1, 0.15) is 69.0 Å². The fourth-order valence-electron chi connectivity index (χ4n) is 7.96. The average Bonchev–Trinajstić information content (AvgIpc) is 3.45. The van der Waals surface area contributed by atoms with Crippen LogP contribution in [0, 0.1) is 29.1 Å². The number of hydrogen-bond acceptors (Lipinski definition) is 1. The van der Waals surface area contributed by atoms with Gasteiger partial charge in [-0.25, -0.2) is 0 Å². The molecule has 1 aromatic heterocycles. The van der Waals surface area contributed by atoms with Crippen molar-refractivity contribution in [3.05, 3.63) is 29.5 Å². The Morgan fingerprint density at radius 1 is 1.15 bits per heavy atom. The van der Waals surface area contributed by atoms with E-state index in [0.29, 0.717) is 5.41 Å². The van der Waals surface area contributed by atoms with Gasteiger partial charge in [-0.1, -0.05) is 13.3 Å². The van der Waals surface area contributed by atoms with E-state index in [2.05, 4.69) is 36.7 Å². The van der Waals surface area contributed by atoms with Crippen molar-refractivity contribution < 1.29 is 4.74 Å². The van der Waals surface area contributed by atoms with Crippen LogP contribution in [0.4, 0.5) is 0 Å². The van der Waals surface area contributed by atoms with Gasteiger partial charge in [0.2, 0.25) is 0 Å². The van der Waals surface area contributed by atoms with Gasteiger partial charge in [0.15, 0.2) is 0 Å². The summed E-state index contributed by atoms with van der Waals surface area (Å²) < 4.78 is 8.16. The van der Waals surface area contributed by atoms with Gasteiger partial charge < -0.3 is 9.30 Å². The predicted octanol–water partition coefficient (Wildman–Crippen LogP) is 6.07. The summed E-state index contributed by atoms with van der Waals surface area (Å²) >= 11 is 0. The van der Waals surface area contributed by atoms with Crippen LogP contribution in [0.2, 0.25) is 0 Å². The SMILES string of the molecule is CCC1CC2CC3c4c(c5cc(OC)ccc5n4C)CCC4(CC4)C(C2)C13. The molecule has 27 heavy (non-hydrogen) atoms. The van der Waals surface area contributed by atoms with Gasteiger partial charge in [-0.15, -0.1) is 0 Å². The van der Waals surface area contributed by atoms with Crippen LogP contribution in [-0.4, -0.2) is 11.7 Å². The minimum absolute atomic E-state index is 0.703. The molecule has 7 rings (SSSR count). The summed E-state index contributed by atoms with van der Waals surface area (Å²) in [4.78, 5) is 0. The number of aromatic nitrogens is 1. The van der Waals surface area contributed by atoms with Crippen molar-refractivity contribution in [1.82, 2.24) is 4.57 Å². The first-order valence-electron chi connectivity index (χ1n) is 11.3. The molecule has 0 N–H and O–H groups in total. The molecule has 4 saturated carbocycles. The lowest BCUT2D eigenvalue weighted by atomic mass is 9.49. The zero-order valence-electron chi connectivity index (χ0n) is 17.1. The molecule has 5 aliphatic carbocycles. The highest BCUT2D eigenvalue weighted by atomic mass is 16.5. The van der Waals surface area contributed by atoms with Crippen LogP contribution in [0.5, 0.6) is 5.75 Å². The van der Waals surface area contributed by atoms with Gasteiger partial charge in [0.05, 0.1) is 7.11 Å². The Morgan fingerprint density at radius 2 is 2.00 bits per heavy atom. The lowest BCUT2D eigenvalue weighted by molar-refractivity contribution is -0.0309. The number of nitrogens with zero attached hydrogens (tertiary/aromatic N) is 1. The molecule has 1 aromatic carbocycles. The van der Waals surface area contributed by atoms with Crippen LogP contribution in [0.25, 0.3) is 10.9 Å². The Hall–Kier alpha value is -1.44. The third-order valence-corrected chi connectivity index (χ3v) is 9.27. The van der Waals surface area contributed by atoms with E-state index in [1.54, 1.807) is 24.8 Å². The van der Waals surface area contributed by atoms with Gasteiger partial charge in [-0.2, -0.15) is 0 Å². The monoisotopic (exact) mass is 363 g/mol. The van der Waals surface area contributed by atoms with E-state index in [-0.39, 0.29) is 0 Å². The Balaban J connectivity index is 1.59. The second-order valence-corrected chi connectivity index (χ2v) is 10.2. The van der Waals surface area contributed by atoms with Crippen molar-refractivity contribution in [2.75, 3.05) is 7.11 Å². The molecule has 1 spiro atoms. The number of ether oxygens (including phenoxy) is 1. The van der Waals surface area contributed by atoms with E-state index in [1.807, 2.05) is 0 Å². The molecule has 4 fully saturated rings. The lowest BCUT2D eigenvalue weighted by Gasteiger charge is -2.56. The second kappa shape index (κ2) is 5.55. The molecular weight excluding hydrogens is 330 g/mol. The highest BCUT2D eigenvalue weighted by Crippen LogP contribution is 2.69. The molecule has 4 bridgehead atoms. The number of aryl methyl sites for hydroxylation is 2. The average molecular weight is 364 g/mol. The van der Waals surface area contributed by atoms with Crippen molar-refractivity contribution in [3.63, 3.8) is 0 Å². The van der Waals surface area contributed by atoms with Crippen molar-refractivity contribution >= 4 is 10.9 Å². The van der Waals surface area contributed by atoms with Crippen LogP contribution < -0.4 is 4.74 Å². The van der Waals surface area contributed by atoms with E-state index in [4.69, 9.17) is 4.74 Å². The first-order chi connectivity index (χ1) is 13.1. The molecule has 0 radical (unpaired) electrons. The summed E-state index contributed by atoms with van der Waals surface area (Å²) in [7, 11) is 4.13. The normalized spacial score (nSPS) is 35.7. The molecule has 2 nitrogen and oxygen atoms in total. The molecule has 5 aliphatic rings. The Labute approximate surface area is 163 Å². The molecular formula is C25H33NO. The van der Waals surface area contributed by atoms with E-state index in [9.17, 15) is 0 Å². The second-order valence-electron chi connectivity index (χ2n) is 10.2. The summed E-state index contributed by atoms with van der Waals surface area (Å²) in [6, 6.07) is 6.75. The van der Waals surface area contributed by atoms with Crippen molar-refractivity contribution in [3.8, 4) is 5.75 Å². The van der Waals surface area contributed by atoms with E-state index in [0.717, 1.165) is 35.3 Å². The minimum Gasteiger partial charge on any atom is -0.497 e. The first-order valence-corrected chi connectivity index (χ1v) is 11.3. The van der Waals surface area contributed by atoms with Crippen LogP contribution >= 0.6 is 0 Å². The van der Waals surface area contributed by atoms with Crippen LogP contribution in [-0.2, 0) is 13.5 Å². The fourth-order valence-corrected chi connectivity index (χ4v) is 7.96. The maximum atomic E-state index is 5.59. The highest BCUT2D eigenvalue weighted by molar-refractivity contribution is 5.87. The zero-order valence-corrected chi connectivity index (χ0v) is 17.1. The molecule has 144 valence electrons. The standard InChI is InChI=1S/C25H33NO/c1-4-16-11-15-12-20-23(16)21(13-15)25(9-10-25)8-7-18-19-14-17(27-3)5-6-22(19)26(2)24(18)20/h5-6,14-16,20-21,23H,4,7-13H2,1-3H3. The van der Waals surface area contributed by atoms with Gasteiger partial charge in [0.1, 0.15) is 5.75 Å². The number of methoxy groups -OCH3 is 1. The van der Waals surface area contributed by atoms with E-state index >= 15 is 0 Å². The first kappa shape index (κ1) is 16.5. The van der Waals surface area contributed by atoms with Gasteiger partial charge in [-0.05, 0) is 97.8 Å². The lowest BCUT2D eigenvalue weighted by Crippen LogP contribution is -2.47. The summed E-state index contributed by atoms with van der Waals surface area (Å²) in [5.74, 6) is 5.69. The zero-order chi connectivity index (χ0) is 18.3. The molecule has 2 heteroatoms. The molecule has 1 heterocycles. The third-order valence-electron chi connectivity index (χ3n) is 9.27. The minimum atomic E-state index is 0.703. The highest BCUT2D eigenvalue weighted by Gasteiger charge is 2.60. The molecule has 5 atom stereocenters. The van der Waals surface area contributed by atoms with Crippen molar-refractivity contribution in [2.24, 2.45) is 36.1 Å². The molecule has 5 unspecified atom stereocenters. The quantitative estimate of drug-likeness (QED) is 0.632. The van der Waals surface area contributed by atoms with Crippen molar-refractivity contribution in [2.45, 2.75) is 64.2 Å². The van der Waals surface area contributed by atoms with Crippen LogP contribution in [0.3, 0.4) is 0 Å². The van der Waals surface area contributed by atoms with Crippen LogP contribution in [0.15, 0.2) is 18.2 Å². The fraction of sp³-hybridized carbons (Fsp3) is 0.680. The smallest absolute Gasteiger partial charge is 0.119 e. The number of rotatable bonds is 2. The van der Waals surface area contributed by atoms with Gasteiger partial charge >= 0.3 is 0 Å². The largest absolute Gasteiger partial charge is 0.497 e. The Morgan fingerprint density at radius 3 is 2.74 bits per heavy atom. The molecule has 2 aromatic rings. The summed E-state index contributed by atoms with van der Waals surface area (Å²) in [6.07, 6.45) is 11.6. The predicted molar refractivity (Wildman–Crippen MR) is 110 cm³/mol. The van der Waals surface area contributed by atoms with Gasteiger partial charge in [0, 0.05) is 29.6 Å². The number of fused-ring (bicyclic) bond motifs is 4. The topological polar surface area (TPSA) is 14.2 Å². The van der Waals surface area contributed by atoms with Crippen molar-refractivity contribution in [1.29, 1.82) is 0 Å². The third kappa shape index (κ3) is 2.13. The molecule has 0 amide bonds. The molecule has 0 saturated heterocycles. The maximum Gasteiger partial charge on any atom is 0.119 e. The Kier molecular flexibility index (Phi) is 3.39. The van der Waals surface area contributed by atoms with E-state index < -0.39 is 0 Å². The van der Waals surface area contributed by atoms with E-state index in [1.165, 1.54) is 55.8 Å². The Bertz CT molecular complexity index is 905. The summed E-state index contributed by atoms with van der Waals surface area (Å²) in [5.41, 5.74) is 5.49.